The highest BCUT2D eigenvalue weighted by Gasteiger charge is 2.26. The Balaban J connectivity index is 1.61. The molecule has 0 atom stereocenters. The van der Waals surface area contributed by atoms with Gasteiger partial charge in [0.25, 0.3) is 5.91 Å². The maximum Gasteiger partial charge on any atom is 0.258 e. The molecule has 3 N–H and O–H groups in total. The fourth-order valence-corrected chi connectivity index (χ4v) is 3.15. The summed E-state index contributed by atoms with van der Waals surface area (Å²) in [6.07, 6.45) is 1.56. The van der Waals surface area contributed by atoms with Gasteiger partial charge in [-0.1, -0.05) is 18.2 Å². The number of nitrogens with zero attached hydrogens (tertiary/aromatic N) is 2. The van der Waals surface area contributed by atoms with E-state index in [2.05, 4.69) is 15.8 Å². The molecule has 1 aromatic carbocycles. The Morgan fingerprint density at radius 1 is 1.21 bits per heavy atom. The first kappa shape index (κ1) is 16.0. The number of thioether (sulfide) groups is 1. The van der Waals surface area contributed by atoms with E-state index in [9.17, 15) is 9.59 Å². The second-order valence-electron chi connectivity index (χ2n) is 5.00. The zero-order valence-corrected chi connectivity index (χ0v) is 13.5. The number of hydrazine groups is 1. The summed E-state index contributed by atoms with van der Waals surface area (Å²) in [7, 11) is 0. The quantitative estimate of drug-likeness (QED) is 0.442. The monoisotopic (exact) mass is 341 g/mol. The van der Waals surface area contributed by atoms with E-state index in [-0.39, 0.29) is 18.3 Å². The van der Waals surface area contributed by atoms with Crippen molar-refractivity contribution in [2.45, 2.75) is 4.90 Å². The van der Waals surface area contributed by atoms with Crippen LogP contribution in [0.2, 0.25) is 0 Å². The Hall–Kier alpha value is -2.87. The molecule has 0 bridgehead atoms. The molecule has 0 fully saturated rings. The number of aromatic nitrogens is 1. The standard InChI is InChI=1S/C16H15N5O2S/c17-16(11-5-3-4-8-18-11)20-19-14(22)9-21-12-6-1-2-7-13(12)24-10-15(21)23/h1-8H,9-10H2,(H2,17,20)(H,19,22). The first-order valence-electron chi connectivity index (χ1n) is 7.22. The zero-order chi connectivity index (χ0) is 16.9. The third kappa shape index (κ3) is 3.54. The molecule has 0 spiro atoms. The molecule has 2 aromatic rings. The first-order valence-corrected chi connectivity index (χ1v) is 8.21. The number of rotatable bonds is 3. The summed E-state index contributed by atoms with van der Waals surface area (Å²) >= 11 is 1.46. The van der Waals surface area contributed by atoms with Gasteiger partial charge >= 0.3 is 0 Å². The summed E-state index contributed by atoms with van der Waals surface area (Å²) in [6.45, 7) is -0.112. The molecule has 0 saturated heterocycles. The zero-order valence-electron chi connectivity index (χ0n) is 12.7. The molecule has 1 aromatic heterocycles. The Labute approximate surface area is 142 Å². The summed E-state index contributed by atoms with van der Waals surface area (Å²) in [5.74, 6) is -0.245. The number of pyridine rings is 1. The van der Waals surface area contributed by atoms with E-state index in [1.54, 1.807) is 24.4 Å². The average molecular weight is 341 g/mol. The van der Waals surface area contributed by atoms with Crippen molar-refractivity contribution >= 4 is 35.1 Å². The van der Waals surface area contributed by atoms with Crippen molar-refractivity contribution in [2.75, 3.05) is 17.2 Å². The van der Waals surface area contributed by atoms with Crippen LogP contribution < -0.4 is 15.8 Å². The SMILES string of the molecule is N=C(NNC(=O)CN1C(=O)CSc2ccccc21)c1ccccn1. The van der Waals surface area contributed by atoms with Gasteiger partial charge in [-0.3, -0.25) is 30.8 Å². The molecular weight excluding hydrogens is 326 g/mol. The van der Waals surface area contributed by atoms with Gasteiger partial charge in [-0.15, -0.1) is 11.8 Å². The van der Waals surface area contributed by atoms with Crippen molar-refractivity contribution in [1.29, 1.82) is 5.41 Å². The van der Waals surface area contributed by atoms with Crippen molar-refractivity contribution < 1.29 is 9.59 Å². The highest BCUT2D eigenvalue weighted by atomic mass is 32.2. The van der Waals surface area contributed by atoms with Crippen LogP contribution in [0.4, 0.5) is 5.69 Å². The van der Waals surface area contributed by atoms with E-state index < -0.39 is 5.91 Å². The molecule has 0 unspecified atom stereocenters. The molecule has 7 nitrogen and oxygen atoms in total. The van der Waals surface area contributed by atoms with E-state index in [0.29, 0.717) is 11.4 Å². The molecule has 1 aliphatic rings. The highest BCUT2D eigenvalue weighted by molar-refractivity contribution is 8.00. The Morgan fingerprint density at radius 2 is 2.00 bits per heavy atom. The van der Waals surface area contributed by atoms with E-state index in [4.69, 9.17) is 5.41 Å². The lowest BCUT2D eigenvalue weighted by molar-refractivity contribution is -0.123. The van der Waals surface area contributed by atoms with Crippen LogP contribution in [0.1, 0.15) is 5.69 Å². The van der Waals surface area contributed by atoms with Crippen LogP contribution >= 0.6 is 11.8 Å². The van der Waals surface area contributed by atoms with Gasteiger partial charge in [0, 0.05) is 11.1 Å². The number of hydrogen-bond donors (Lipinski definition) is 3. The molecule has 2 heterocycles. The number of benzene rings is 1. The second kappa shape index (κ2) is 7.14. The molecule has 2 amide bonds. The van der Waals surface area contributed by atoms with Gasteiger partial charge in [-0.25, -0.2) is 0 Å². The molecule has 24 heavy (non-hydrogen) atoms. The predicted octanol–water partition coefficient (Wildman–Crippen LogP) is 1.17. The fourth-order valence-electron chi connectivity index (χ4n) is 2.22. The van der Waals surface area contributed by atoms with Crippen LogP contribution in [0.25, 0.3) is 0 Å². The largest absolute Gasteiger partial charge is 0.301 e. The summed E-state index contributed by atoms with van der Waals surface area (Å²) < 4.78 is 0. The van der Waals surface area contributed by atoms with Gasteiger partial charge in [0.2, 0.25) is 5.91 Å². The van der Waals surface area contributed by atoms with Crippen molar-refractivity contribution in [3.05, 3.63) is 54.4 Å². The second-order valence-corrected chi connectivity index (χ2v) is 6.02. The smallest absolute Gasteiger partial charge is 0.258 e. The molecule has 0 saturated carbocycles. The number of nitrogens with one attached hydrogen (secondary N) is 3. The van der Waals surface area contributed by atoms with E-state index >= 15 is 0 Å². The topological polar surface area (TPSA) is 98.2 Å². The molecule has 3 rings (SSSR count). The number of carbonyl (C=O) groups is 2. The molecule has 0 aliphatic carbocycles. The van der Waals surface area contributed by atoms with Gasteiger partial charge in [0.1, 0.15) is 12.2 Å². The van der Waals surface area contributed by atoms with Crippen LogP contribution in [0.5, 0.6) is 0 Å². The lowest BCUT2D eigenvalue weighted by Gasteiger charge is -2.28. The molecule has 122 valence electrons. The highest BCUT2D eigenvalue weighted by Crippen LogP contribution is 2.34. The van der Waals surface area contributed by atoms with E-state index in [0.717, 1.165) is 10.6 Å². The Morgan fingerprint density at radius 3 is 2.79 bits per heavy atom. The van der Waals surface area contributed by atoms with Gasteiger partial charge < -0.3 is 4.90 Å². The minimum Gasteiger partial charge on any atom is -0.301 e. The van der Waals surface area contributed by atoms with Crippen molar-refractivity contribution in [1.82, 2.24) is 15.8 Å². The number of carbonyl (C=O) groups excluding carboxylic acids is 2. The summed E-state index contributed by atoms with van der Waals surface area (Å²) in [6, 6.07) is 12.6. The Kier molecular flexibility index (Phi) is 4.76. The third-order valence-corrected chi connectivity index (χ3v) is 4.41. The van der Waals surface area contributed by atoms with Gasteiger partial charge in [0.15, 0.2) is 5.84 Å². The summed E-state index contributed by atoms with van der Waals surface area (Å²) in [5.41, 5.74) is 6.07. The minimum atomic E-state index is -0.411. The number of hydrogen-bond acceptors (Lipinski definition) is 5. The van der Waals surface area contributed by atoms with Crippen molar-refractivity contribution in [2.24, 2.45) is 0 Å². The van der Waals surface area contributed by atoms with Crippen LogP contribution in [0, 0.1) is 5.41 Å². The van der Waals surface area contributed by atoms with Crippen LogP contribution in [0.3, 0.4) is 0 Å². The van der Waals surface area contributed by atoms with Crippen molar-refractivity contribution in [3.63, 3.8) is 0 Å². The number of amides is 2. The first-order chi connectivity index (χ1) is 11.6. The normalized spacial score (nSPS) is 13.2. The molecule has 1 aliphatic heterocycles. The van der Waals surface area contributed by atoms with Crippen LogP contribution in [0.15, 0.2) is 53.6 Å². The van der Waals surface area contributed by atoms with E-state index in [1.807, 2.05) is 24.3 Å². The van der Waals surface area contributed by atoms with Crippen LogP contribution in [-0.2, 0) is 9.59 Å². The Bertz CT molecular complexity index is 781. The van der Waals surface area contributed by atoms with Gasteiger partial charge in [0.05, 0.1) is 11.4 Å². The van der Waals surface area contributed by atoms with E-state index in [1.165, 1.54) is 16.7 Å². The van der Waals surface area contributed by atoms with Gasteiger partial charge in [-0.05, 0) is 24.3 Å². The van der Waals surface area contributed by atoms with Crippen molar-refractivity contribution in [3.8, 4) is 0 Å². The number of amidine groups is 1. The summed E-state index contributed by atoms with van der Waals surface area (Å²) in [4.78, 5) is 30.6. The lowest BCUT2D eigenvalue weighted by Crippen LogP contribution is -2.49. The fraction of sp³-hybridized carbons (Fsp3) is 0.125. The third-order valence-electron chi connectivity index (χ3n) is 3.36. The molecule has 8 heteroatoms. The van der Waals surface area contributed by atoms with Crippen LogP contribution in [-0.4, -0.2) is 34.9 Å². The minimum absolute atomic E-state index is 0.0233. The van der Waals surface area contributed by atoms with Gasteiger partial charge in [-0.2, -0.15) is 0 Å². The lowest BCUT2D eigenvalue weighted by atomic mass is 10.2. The maximum atomic E-state index is 12.1. The number of para-hydroxylation sites is 1. The predicted molar refractivity (Wildman–Crippen MR) is 91.9 cm³/mol. The number of fused-ring (bicyclic) bond motifs is 1. The number of anilines is 1. The average Bonchev–Trinajstić information content (AvgIpc) is 2.63. The molecule has 0 radical (unpaired) electrons. The molecular formula is C16H15N5O2S. The summed E-state index contributed by atoms with van der Waals surface area (Å²) in [5, 5.41) is 7.83. The maximum absolute atomic E-state index is 12.1.